The van der Waals surface area contributed by atoms with Crippen molar-refractivity contribution in [2.45, 2.75) is 82.4 Å². The van der Waals surface area contributed by atoms with Gasteiger partial charge in [-0.05, 0) is 30.5 Å². The molecular weight excluding hydrogens is 439 g/mol. The van der Waals surface area contributed by atoms with E-state index in [9.17, 15) is 18.1 Å². The summed E-state index contributed by atoms with van der Waals surface area (Å²) in [6.45, 7) is 2.22. The Balaban J connectivity index is 0.00000480. The minimum absolute atomic E-state index is 0. The molecule has 0 fully saturated rings. The van der Waals surface area contributed by atoms with Crippen LogP contribution in [-0.2, 0) is 16.5 Å². The van der Waals surface area contributed by atoms with Gasteiger partial charge in [0.05, 0.1) is 0 Å². The predicted octanol–water partition coefficient (Wildman–Crippen LogP) is 3.27. The molecule has 0 aromatic heterocycles. The number of para-hydroxylation sites is 1. The Bertz CT molecular complexity index is 869. The van der Waals surface area contributed by atoms with E-state index in [0.29, 0.717) is 17.7 Å². The molecule has 2 rings (SSSR count). The Kier molecular flexibility index (Phi) is 14.2. The summed E-state index contributed by atoms with van der Waals surface area (Å²) >= 11 is 0. The molecule has 2 aromatic carbocycles. The topological polar surface area (TPSA) is 86.7 Å². The minimum Gasteiger partial charge on any atom is -0.870 e. The molecule has 0 aliphatic rings. The van der Waals surface area contributed by atoms with Crippen molar-refractivity contribution in [1.82, 2.24) is 0 Å². The largest absolute Gasteiger partial charge is 1.00 e. The van der Waals surface area contributed by atoms with Crippen molar-refractivity contribution < 1.29 is 74.2 Å². The van der Waals surface area contributed by atoms with Crippen LogP contribution in [0.15, 0.2) is 47.4 Å². The van der Waals surface area contributed by atoms with Crippen molar-refractivity contribution in [3.8, 4) is 17.2 Å². The van der Waals surface area contributed by atoms with E-state index in [1.54, 1.807) is 30.3 Å². The van der Waals surface area contributed by atoms with Gasteiger partial charge in [-0.1, -0.05) is 101 Å². The third kappa shape index (κ3) is 10.4. The Morgan fingerprint density at radius 1 is 0.839 bits per heavy atom. The summed E-state index contributed by atoms with van der Waals surface area (Å²) < 4.78 is 39.4. The van der Waals surface area contributed by atoms with E-state index in [2.05, 4.69) is 6.92 Å². The zero-order chi connectivity index (χ0) is 21.8. The molecular formula is C24H33KO5S. The molecule has 1 N–H and O–H groups in total. The minimum atomic E-state index is -4.59. The third-order valence-electron chi connectivity index (χ3n) is 5.18. The van der Waals surface area contributed by atoms with Gasteiger partial charge in [0.1, 0.15) is 16.4 Å². The quantitative estimate of drug-likeness (QED) is 0.259. The molecule has 0 amide bonds. The van der Waals surface area contributed by atoms with Gasteiger partial charge in [-0.3, -0.25) is 4.55 Å². The van der Waals surface area contributed by atoms with Gasteiger partial charge < -0.3 is 9.84 Å². The summed E-state index contributed by atoms with van der Waals surface area (Å²) in [4.78, 5) is -0.408. The van der Waals surface area contributed by atoms with Gasteiger partial charge in [0.2, 0.25) is 0 Å². The summed E-state index contributed by atoms with van der Waals surface area (Å²) in [6.07, 6.45) is 12.2. The van der Waals surface area contributed by atoms with E-state index in [-0.39, 0.29) is 57.1 Å². The first kappa shape index (κ1) is 28.6. The zero-order valence-electron chi connectivity index (χ0n) is 18.8. The van der Waals surface area contributed by atoms with Crippen LogP contribution >= 0.6 is 0 Å². The van der Waals surface area contributed by atoms with Crippen LogP contribution in [0.3, 0.4) is 0 Å². The van der Waals surface area contributed by atoms with Crippen molar-refractivity contribution in [2.75, 3.05) is 0 Å². The van der Waals surface area contributed by atoms with E-state index < -0.39 is 20.8 Å². The average molecular weight is 473 g/mol. The molecule has 5 nitrogen and oxygen atoms in total. The molecule has 0 aliphatic carbocycles. The number of aryl methyl sites for hydroxylation is 1. The maximum Gasteiger partial charge on any atom is 1.00 e. The summed E-state index contributed by atoms with van der Waals surface area (Å²) in [5.41, 5.74) is 0.419. The molecule has 31 heavy (non-hydrogen) atoms. The van der Waals surface area contributed by atoms with Crippen LogP contribution in [0.1, 0.15) is 76.7 Å². The fourth-order valence-corrected chi connectivity index (χ4v) is 4.45. The van der Waals surface area contributed by atoms with E-state index in [1.807, 2.05) is 0 Å². The van der Waals surface area contributed by atoms with Crippen molar-refractivity contribution in [3.05, 3.63) is 48.0 Å². The van der Waals surface area contributed by atoms with Crippen molar-refractivity contribution >= 4 is 10.1 Å². The predicted molar refractivity (Wildman–Crippen MR) is 118 cm³/mol. The fourth-order valence-electron chi connectivity index (χ4n) is 3.57. The maximum atomic E-state index is 12.3. The number of ether oxygens (including phenoxy) is 1. The van der Waals surface area contributed by atoms with Crippen LogP contribution in [0.25, 0.3) is 0 Å². The smallest absolute Gasteiger partial charge is 0.870 e. The second-order valence-electron chi connectivity index (χ2n) is 7.70. The molecule has 0 atom stereocenters. The summed E-state index contributed by atoms with van der Waals surface area (Å²) in [5.74, 6) is -0.567. The van der Waals surface area contributed by atoms with E-state index in [4.69, 9.17) is 4.74 Å². The van der Waals surface area contributed by atoms with Crippen LogP contribution in [0, 0.1) is 0 Å². The fraction of sp³-hybridized carbons (Fsp3) is 0.500. The first-order valence-electron chi connectivity index (χ1n) is 11.0. The van der Waals surface area contributed by atoms with Gasteiger partial charge in [0.25, 0.3) is 10.1 Å². The Hall–Kier alpha value is -0.414. The number of hydrogen-bond donors (Lipinski definition) is 1. The monoisotopic (exact) mass is 472 g/mol. The molecule has 0 saturated carbocycles. The molecule has 166 valence electrons. The van der Waals surface area contributed by atoms with Crippen LogP contribution in [0.5, 0.6) is 17.2 Å². The zero-order valence-corrected chi connectivity index (χ0v) is 22.7. The van der Waals surface area contributed by atoms with Crippen molar-refractivity contribution in [2.24, 2.45) is 0 Å². The maximum absolute atomic E-state index is 12.3. The first-order valence-corrected chi connectivity index (χ1v) is 12.4. The van der Waals surface area contributed by atoms with E-state index in [1.165, 1.54) is 57.1 Å². The van der Waals surface area contributed by atoms with Gasteiger partial charge in [-0.15, -0.1) is 0 Å². The molecule has 0 radical (unpaired) electrons. The van der Waals surface area contributed by atoms with E-state index in [0.717, 1.165) is 19.3 Å². The summed E-state index contributed by atoms with van der Waals surface area (Å²) in [5, 5.41) is 12.3. The molecule has 0 saturated heterocycles. The van der Waals surface area contributed by atoms with E-state index >= 15 is 0 Å². The number of unbranched alkanes of at least 4 members (excludes halogenated alkanes) is 9. The standard InChI is InChI=1S/C24H34O5S.K/c1-2-3-4-5-6-7-8-9-10-12-15-20-18-19-22(25)23(24(20)30(26,27)28)29-21-16-13-11-14-17-21;/h11,13-14,16-19,25H,2-10,12,15H2,1H3,(H,26,27,28);/q;+1/p-1. The third-order valence-corrected chi connectivity index (χ3v) is 6.14. The van der Waals surface area contributed by atoms with Gasteiger partial charge in [0, 0.05) is 0 Å². The number of hydrogen-bond acceptors (Lipinski definition) is 4. The van der Waals surface area contributed by atoms with Crippen LogP contribution < -0.4 is 61.2 Å². The second-order valence-corrected chi connectivity index (χ2v) is 9.06. The average Bonchev–Trinajstić information content (AvgIpc) is 2.71. The van der Waals surface area contributed by atoms with Gasteiger partial charge in [-0.25, -0.2) is 0 Å². The second kappa shape index (κ2) is 15.4. The van der Waals surface area contributed by atoms with Gasteiger partial charge >= 0.3 is 51.4 Å². The van der Waals surface area contributed by atoms with Crippen LogP contribution in [0.2, 0.25) is 0 Å². The first-order chi connectivity index (χ1) is 14.4. The molecule has 0 heterocycles. The molecule has 0 spiro atoms. The molecule has 0 aliphatic heterocycles. The van der Waals surface area contributed by atoms with Gasteiger partial charge in [-0.2, -0.15) is 8.42 Å². The Morgan fingerprint density at radius 3 is 1.94 bits per heavy atom. The Morgan fingerprint density at radius 2 is 1.39 bits per heavy atom. The summed E-state index contributed by atoms with van der Waals surface area (Å²) in [7, 11) is -4.59. The summed E-state index contributed by atoms with van der Waals surface area (Å²) in [6, 6.07) is 11.3. The van der Waals surface area contributed by atoms with Crippen molar-refractivity contribution in [1.29, 1.82) is 0 Å². The molecule has 2 aromatic rings. The SMILES string of the molecule is CCCCCCCCCCCCc1ccc([O-])c(Oc2ccccc2)c1S(=O)(=O)O.[K+]. The van der Waals surface area contributed by atoms with Crippen LogP contribution in [-0.4, -0.2) is 13.0 Å². The number of benzene rings is 2. The van der Waals surface area contributed by atoms with Crippen molar-refractivity contribution in [3.63, 3.8) is 0 Å². The van der Waals surface area contributed by atoms with Gasteiger partial charge in [0.15, 0.2) is 0 Å². The Labute approximate surface area is 229 Å². The molecule has 0 unspecified atom stereocenters. The molecule has 0 bridgehead atoms. The van der Waals surface area contributed by atoms with Crippen LogP contribution in [0.4, 0.5) is 0 Å². The normalized spacial score (nSPS) is 11.2. The number of rotatable bonds is 14. The molecule has 7 heteroatoms.